The fraction of sp³-hybridized carbons (Fsp3) is 0.429. The minimum atomic E-state index is -3.41. The zero-order chi connectivity index (χ0) is 15.0. The van der Waals surface area contributed by atoms with E-state index < -0.39 is 10.0 Å². The molecule has 2 aromatic heterocycles. The second-order valence-corrected chi connectivity index (χ2v) is 9.39. The maximum absolute atomic E-state index is 12.9. The van der Waals surface area contributed by atoms with Gasteiger partial charge >= 0.3 is 0 Å². The Morgan fingerprint density at radius 1 is 1.38 bits per heavy atom. The number of hydrogen-bond acceptors (Lipinski definition) is 5. The Bertz CT molecular complexity index is 733. The van der Waals surface area contributed by atoms with Crippen LogP contribution in [0.5, 0.6) is 0 Å². The first-order chi connectivity index (χ1) is 10.0. The Labute approximate surface area is 133 Å². The molecule has 1 atom stereocenters. The lowest BCUT2D eigenvalue weighted by Crippen LogP contribution is -2.37. The zero-order valence-electron chi connectivity index (χ0n) is 11.8. The van der Waals surface area contributed by atoms with Crippen LogP contribution in [0.15, 0.2) is 27.8 Å². The average Bonchev–Trinajstić information content (AvgIpc) is 3.08. The largest absolute Gasteiger partial charge is 0.330 e. The van der Waals surface area contributed by atoms with Crippen LogP contribution in [0, 0.1) is 0 Å². The molecule has 2 aromatic rings. The van der Waals surface area contributed by atoms with E-state index in [1.54, 1.807) is 21.7 Å². The van der Waals surface area contributed by atoms with Crippen molar-refractivity contribution >= 4 is 32.7 Å². The van der Waals surface area contributed by atoms with Crippen LogP contribution >= 0.6 is 22.7 Å². The molecule has 3 rings (SSSR count). The number of thiophene rings is 2. The van der Waals surface area contributed by atoms with Crippen molar-refractivity contribution in [1.82, 2.24) is 4.31 Å². The molecule has 0 saturated carbocycles. The highest BCUT2D eigenvalue weighted by atomic mass is 32.2. The van der Waals surface area contributed by atoms with E-state index in [0.29, 0.717) is 17.3 Å². The van der Waals surface area contributed by atoms with Gasteiger partial charge in [0.25, 0.3) is 10.0 Å². The molecule has 4 nitrogen and oxygen atoms in total. The van der Waals surface area contributed by atoms with Crippen LogP contribution < -0.4 is 5.73 Å². The normalized spacial score (nSPS) is 19.6. The highest BCUT2D eigenvalue weighted by Gasteiger charge is 2.35. The lowest BCUT2D eigenvalue weighted by Gasteiger charge is -2.32. The van der Waals surface area contributed by atoms with E-state index in [1.807, 2.05) is 24.4 Å². The molecule has 0 aromatic carbocycles. The lowest BCUT2D eigenvalue weighted by molar-refractivity contribution is 0.330. The molecular formula is C14H18N2O2S3. The van der Waals surface area contributed by atoms with Crippen LogP contribution in [-0.2, 0) is 22.9 Å². The summed E-state index contributed by atoms with van der Waals surface area (Å²) in [5.74, 6) is 0. The molecule has 21 heavy (non-hydrogen) atoms. The average molecular weight is 343 g/mol. The van der Waals surface area contributed by atoms with Crippen LogP contribution in [0.3, 0.4) is 0 Å². The predicted molar refractivity (Wildman–Crippen MR) is 87.4 cm³/mol. The van der Waals surface area contributed by atoms with E-state index in [4.69, 9.17) is 5.73 Å². The number of nitrogens with two attached hydrogens (primary N) is 1. The molecule has 0 bridgehead atoms. The van der Waals surface area contributed by atoms with Gasteiger partial charge in [-0.25, -0.2) is 8.42 Å². The molecule has 0 fully saturated rings. The summed E-state index contributed by atoms with van der Waals surface area (Å²) in [6.45, 7) is 3.07. The van der Waals surface area contributed by atoms with Gasteiger partial charge in [-0.2, -0.15) is 4.31 Å². The second kappa shape index (κ2) is 5.81. The molecule has 7 heteroatoms. The maximum atomic E-state index is 12.9. The van der Waals surface area contributed by atoms with E-state index in [1.165, 1.54) is 16.2 Å². The summed E-state index contributed by atoms with van der Waals surface area (Å²) in [5.41, 5.74) is 6.68. The van der Waals surface area contributed by atoms with Crippen molar-refractivity contribution in [2.75, 3.05) is 13.1 Å². The van der Waals surface area contributed by atoms with Crippen LogP contribution in [-0.4, -0.2) is 25.8 Å². The minimum absolute atomic E-state index is 0.0925. The van der Waals surface area contributed by atoms with Gasteiger partial charge in [0.15, 0.2) is 0 Å². The Balaban J connectivity index is 1.91. The first kappa shape index (κ1) is 15.2. The topological polar surface area (TPSA) is 63.4 Å². The minimum Gasteiger partial charge on any atom is -0.330 e. The fourth-order valence-electron chi connectivity index (χ4n) is 2.70. The molecule has 3 heterocycles. The molecule has 1 aliphatic heterocycles. The molecule has 0 aliphatic carbocycles. The Hall–Kier alpha value is -0.730. The summed E-state index contributed by atoms with van der Waals surface area (Å²) in [4.78, 5) is 2.33. The van der Waals surface area contributed by atoms with Gasteiger partial charge in [0.2, 0.25) is 0 Å². The van der Waals surface area contributed by atoms with Crippen molar-refractivity contribution in [2.45, 2.75) is 30.0 Å². The van der Waals surface area contributed by atoms with Crippen molar-refractivity contribution in [1.29, 1.82) is 0 Å². The number of fused-ring (bicyclic) bond motifs is 1. The van der Waals surface area contributed by atoms with Crippen LogP contribution in [0.4, 0.5) is 0 Å². The predicted octanol–water partition coefficient (Wildman–Crippen LogP) is 2.62. The van der Waals surface area contributed by atoms with Crippen molar-refractivity contribution < 1.29 is 8.42 Å². The molecule has 1 unspecified atom stereocenters. The highest BCUT2D eigenvalue weighted by molar-refractivity contribution is 7.91. The smallest absolute Gasteiger partial charge is 0.253 e. The standard InChI is InChI=1S/C14H18N2O2S3/c1-10-12-6-9-19-13(12)5-8-16(10)21(17,18)14-3-2-11(20-14)4-7-15/h2-3,6,9-10H,4-5,7-8,15H2,1H3. The van der Waals surface area contributed by atoms with E-state index in [0.717, 1.165) is 23.3 Å². The quantitative estimate of drug-likeness (QED) is 0.929. The SMILES string of the molecule is CC1c2ccsc2CCN1S(=O)(=O)c1ccc(CCN)s1. The van der Waals surface area contributed by atoms with E-state index in [2.05, 4.69) is 0 Å². The zero-order valence-corrected chi connectivity index (χ0v) is 14.2. The summed E-state index contributed by atoms with van der Waals surface area (Å²) in [6.07, 6.45) is 1.53. The summed E-state index contributed by atoms with van der Waals surface area (Å²) in [7, 11) is -3.41. The molecular weight excluding hydrogens is 324 g/mol. The van der Waals surface area contributed by atoms with Crippen LogP contribution in [0.25, 0.3) is 0 Å². The summed E-state index contributed by atoms with van der Waals surface area (Å²) in [5, 5.41) is 2.04. The van der Waals surface area contributed by atoms with Gasteiger partial charge in [-0.15, -0.1) is 22.7 Å². The van der Waals surface area contributed by atoms with Gasteiger partial charge in [0, 0.05) is 22.3 Å². The highest BCUT2D eigenvalue weighted by Crippen LogP contribution is 2.37. The summed E-state index contributed by atoms with van der Waals surface area (Å²) < 4.78 is 27.8. The number of hydrogen-bond donors (Lipinski definition) is 1. The van der Waals surface area contributed by atoms with Crippen LogP contribution in [0.1, 0.15) is 28.3 Å². The molecule has 0 radical (unpaired) electrons. The van der Waals surface area contributed by atoms with E-state index in [-0.39, 0.29) is 6.04 Å². The molecule has 2 N–H and O–H groups in total. The number of nitrogens with zero attached hydrogens (tertiary/aromatic N) is 1. The summed E-state index contributed by atoms with van der Waals surface area (Å²) >= 11 is 3.05. The monoisotopic (exact) mass is 342 g/mol. The van der Waals surface area contributed by atoms with Gasteiger partial charge in [0.05, 0.1) is 0 Å². The maximum Gasteiger partial charge on any atom is 0.253 e. The second-order valence-electron chi connectivity index (χ2n) is 5.10. The molecule has 114 valence electrons. The van der Waals surface area contributed by atoms with Crippen molar-refractivity contribution in [3.63, 3.8) is 0 Å². The first-order valence-electron chi connectivity index (χ1n) is 6.91. The third kappa shape index (κ3) is 2.68. The van der Waals surface area contributed by atoms with Gasteiger partial charge in [-0.1, -0.05) is 0 Å². The van der Waals surface area contributed by atoms with Gasteiger partial charge in [-0.3, -0.25) is 0 Å². The first-order valence-corrected chi connectivity index (χ1v) is 10.0. The van der Waals surface area contributed by atoms with Gasteiger partial charge in [-0.05, 0) is 55.5 Å². The van der Waals surface area contributed by atoms with Gasteiger partial charge < -0.3 is 5.73 Å². The molecule has 0 spiro atoms. The Morgan fingerprint density at radius 3 is 2.95 bits per heavy atom. The molecule has 0 saturated heterocycles. The Kier molecular flexibility index (Phi) is 4.20. The molecule has 1 aliphatic rings. The van der Waals surface area contributed by atoms with Crippen molar-refractivity contribution in [3.05, 3.63) is 38.9 Å². The van der Waals surface area contributed by atoms with Crippen molar-refractivity contribution in [2.24, 2.45) is 5.73 Å². The third-order valence-electron chi connectivity index (χ3n) is 3.81. The summed E-state index contributed by atoms with van der Waals surface area (Å²) in [6, 6.07) is 5.53. The Morgan fingerprint density at radius 2 is 2.19 bits per heavy atom. The van der Waals surface area contributed by atoms with Crippen molar-refractivity contribution in [3.8, 4) is 0 Å². The molecule has 0 amide bonds. The van der Waals surface area contributed by atoms with Gasteiger partial charge in [0.1, 0.15) is 4.21 Å². The fourth-order valence-corrected chi connectivity index (χ4v) is 6.78. The van der Waals surface area contributed by atoms with Crippen LogP contribution in [0.2, 0.25) is 0 Å². The van der Waals surface area contributed by atoms with E-state index >= 15 is 0 Å². The lowest BCUT2D eigenvalue weighted by atomic mass is 10.0. The number of sulfonamides is 1. The van der Waals surface area contributed by atoms with E-state index in [9.17, 15) is 8.42 Å². The third-order valence-corrected chi connectivity index (χ3v) is 8.39. The number of rotatable bonds is 4.